The first-order valence-corrected chi connectivity index (χ1v) is 7.33. The Morgan fingerprint density at radius 1 is 1.12 bits per heavy atom. The van der Waals surface area contributed by atoms with Crippen LogP contribution in [0.5, 0.6) is 0 Å². The topological polar surface area (TPSA) is 3.24 Å². The van der Waals surface area contributed by atoms with Crippen molar-refractivity contribution in [2.45, 2.75) is 25.8 Å². The second-order valence-corrected chi connectivity index (χ2v) is 5.48. The molecule has 2 heteroatoms. The zero-order valence-electron chi connectivity index (χ0n) is 9.74. The van der Waals surface area contributed by atoms with Crippen molar-refractivity contribution in [1.29, 1.82) is 0 Å². The van der Waals surface area contributed by atoms with E-state index in [9.17, 15) is 0 Å². The van der Waals surface area contributed by atoms with Gasteiger partial charge in [-0.05, 0) is 43.8 Å². The van der Waals surface area contributed by atoms with Gasteiger partial charge in [0, 0.05) is 11.9 Å². The van der Waals surface area contributed by atoms with Crippen LogP contribution >= 0.6 is 15.9 Å². The van der Waals surface area contributed by atoms with E-state index in [0.717, 1.165) is 17.8 Å². The van der Waals surface area contributed by atoms with E-state index < -0.39 is 0 Å². The standard InChI is InChI=1S/C14H20BrN/c15-9-6-13-7-10-16(11-8-13)12-14-4-2-1-3-5-14/h1-5,13H,6-12H2. The van der Waals surface area contributed by atoms with Crippen molar-refractivity contribution in [3.8, 4) is 0 Å². The highest BCUT2D eigenvalue weighted by molar-refractivity contribution is 9.09. The average Bonchev–Trinajstić information content (AvgIpc) is 2.33. The number of hydrogen-bond acceptors (Lipinski definition) is 1. The molecule has 88 valence electrons. The highest BCUT2D eigenvalue weighted by Gasteiger charge is 2.18. The van der Waals surface area contributed by atoms with Crippen LogP contribution in [0.3, 0.4) is 0 Å². The Labute approximate surface area is 107 Å². The predicted octanol–water partition coefficient (Wildman–Crippen LogP) is 3.68. The van der Waals surface area contributed by atoms with E-state index in [1.165, 1.54) is 37.9 Å². The summed E-state index contributed by atoms with van der Waals surface area (Å²) in [4.78, 5) is 2.58. The molecule has 0 amide bonds. The zero-order valence-corrected chi connectivity index (χ0v) is 11.3. The Morgan fingerprint density at radius 2 is 1.81 bits per heavy atom. The van der Waals surface area contributed by atoms with Gasteiger partial charge in [-0.25, -0.2) is 0 Å². The molecular weight excluding hydrogens is 262 g/mol. The molecule has 1 aromatic rings. The molecule has 0 aliphatic carbocycles. The van der Waals surface area contributed by atoms with Gasteiger partial charge in [-0.15, -0.1) is 0 Å². The van der Waals surface area contributed by atoms with Crippen molar-refractivity contribution in [2.75, 3.05) is 18.4 Å². The molecule has 0 unspecified atom stereocenters. The molecule has 2 rings (SSSR count). The molecule has 1 nitrogen and oxygen atoms in total. The monoisotopic (exact) mass is 281 g/mol. The van der Waals surface area contributed by atoms with Gasteiger partial charge in [0.25, 0.3) is 0 Å². The van der Waals surface area contributed by atoms with Crippen LogP contribution in [0.25, 0.3) is 0 Å². The molecule has 1 fully saturated rings. The van der Waals surface area contributed by atoms with Crippen molar-refractivity contribution in [3.05, 3.63) is 35.9 Å². The van der Waals surface area contributed by atoms with Crippen LogP contribution in [-0.2, 0) is 6.54 Å². The van der Waals surface area contributed by atoms with E-state index >= 15 is 0 Å². The maximum atomic E-state index is 3.54. The summed E-state index contributed by atoms with van der Waals surface area (Å²) in [5, 5.41) is 1.16. The predicted molar refractivity (Wildman–Crippen MR) is 72.9 cm³/mol. The second-order valence-electron chi connectivity index (χ2n) is 4.68. The van der Waals surface area contributed by atoms with Gasteiger partial charge in [0.1, 0.15) is 0 Å². The summed E-state index contributed by atoms with van der Waals surface area (Å²) < 4.78 is 0. The van der Waals surface area contributed by atoms with Crippen LogP contribution in [0.15, 0.2) is 30.3 Å². The Hall–Kier alpha value is -0.340. The van der Waals surface area contributed by atoms with Crippen molar-refractivity contribution >= 4 is 15.9 Å². The minimum absolute atomic E-state index is 0.950. The molecule has 0 N–H and O–H groups in total. The van der Waals surface area contributed by atoms with Crippen molar-refractivity contribution in [2.24, 2.45) is 5.92 Å². The summed E-state index contributed by atoms with van der Waals surface area (Å²) in [5.74, 6) is 0.950. The normalized spacial score (nSPS) is 18.8. The summed E-state index contributed by atoms with van der Waals surface area (Å²) in [7, 11) is 0. The van der Waals surface area contributed by atoms with E-state index in [1.54, 1.807) is 0 Å². The Balaban J connectivity index is 1.77. The first-order valence-electron chi connectivity index (χ1n) is 6.20. The number of nitrogens with zero attached hydrogens (tertiary/aromatic N) is 1. The van der Waals surface area contributed by atoms with Gasteiger partial charge in [-0.2, -0.15) is 0 Å². The fourth-order valence-corrected chi connectivity index (χ4v) is 3.08. The molecule has 1 aliphatic rings. The largest absolute Gasteiger partial charge is 0.299 e. The quantitative estimate of drug-likeness (QED) is 0.761. The Morgan fingerprint density at radius 3 is 2.44 bits per heavy atom. The van der Waals surface area contributed by atoms with E-state index in [2.05, 4.69) is 51.2 Å². The van der Waals surface area contributed by atoms with Gasteiger partial charge in [0.05, 0.1) is 0 Å². The molecule has 0 radical (unpaired) electrons. The summed E-state index contributed by atoms with van der Waals surface area (Å²) in [6.45, 7) is 3.67. The number of likely N-dealkylation sites (tertiary alicyclic amines) is 1. The SMILES string of the molecule is BrCCC1CCN(Cc2ccccc2)CC1. The first-order chi connectivity index (χ1) is 7.88. The van der Waals surface area contributed by atoms with Crippen LogP contribution in [0, 0.1) is 5.92 Å². The molecule has 1 aliphatic heterocycles. The third kappa shape index (κ3) is 3.60. The number of piperidine rings is 1. The smallest absolute Gasteiger partial charge is 0.0233 e. The van der Waals surface area contributed by atoms with Crippen LogP contribution in [-0.4, -0.2) is 23.3 Å². The number of alkyl halides is 1. The van der Waals surface area contributed by atoms with E-state index in [1.807, 2.05) is 0 Å². The summed E-state index contributed by atoms with van der Waals surface area (Å²) in [5.41, 5.74) is 1.45. The van der Waals surface area contributed by atoms with Crippen molar-refractivity contribution < 1.29 is 0 Å². The first kappa shape index (κ1) is 12.1. The Bertz CT molecular complexity index is 291. The van der Waals surface area contributed by atoms with Gasteiger partial charge in [0.15, 0.2) is 0 Å². The van der Waals surface area contributed by atoms with Crippen LogP contribution in [0.1, 0.15) is 24.8 Å². The number of benzene rings is 1. The lowest BCUT2D eigenvalue weighted by atomic mass is 9.94. The zero-order chi connectivity index (χ0) is 11.2. The maximum absolute atomic E-state index is 3.54. The highest BCUT2D eigenvalue weighted by atomic mass is 79.9. The average molecular weight is 282 g/mol. The fraction of sp³-hybridized carbons (Fsp3) is 0.571. The van der Waals surface area contributed by atoms with Gasteiger partial charge >= 0.3 is 0 Å². The molecule has 0 bridgehead atoms. The lowest BCUT2D eigenvalue weighted by Crippen LogP contribution is -2.33. The summed E-state index contributed by atoms with van der Waals surface area (Å²) >= 11 is 3.54. The van der Waals surface area contributed by atoms with Crippen molar-refractivity contribution in [1.82, 2.24) is 4.90 Å². The van der Waals surface area contributed by atoms with E-state index in [4.69, 9.17) is 0 Å². The van der Waals surface area contributed by atoms with Crippen LogP contribution in [0.4, 0.5) is 0 Å². The maximum Gasteiger partial charge on any atom is 0.0233 e. The lowest BCUT2D eigenvalue weighted by Gasteiger charge is -2.31. The van der Waals surface area contributed by atoms with E-state index in [0.29, 0.717) is 0 Å². The van der Waals surface area contributed by atoms with Gasteiger partial charge in [0.2, 0.25) is 0 Å². The number of rotatable bonds is 4. The highest BCUT2D eigenvalue weighted by Crippen LogP contribution is 2.22. The lowest BCUT2D eigenvalue weighted by molar-refractivity contribution is 0.176. The minimum Gasteiger partial charge on any atom is -0.299 e. The van der Waals surface area contributed by atoms with Gasteiger partial charge in [-0.3, -0.25) is 4.90 Å². The fourth-order valence-electron chi connectivity index (χ4n) is 2.43. The third-order valence-corrected chi connectivity index (χ3v) is 3.93. The molecule has 0 aromatic heterocycles. The van der Waals surface area contributed by atoms with Crippen LogP contribution < -0.4 is 0 Å². The summed E-state index contributed by atoms with van der Waals surface area (Å²) in [6, 6.07) is 10.8. The molecule has 1 saturated heterocycles. The molecule has 0 atom stereocenters. The molecule has 16 heavy (non-hydrogen) atoms. The molecule has 0 spiro atoms. The third-order valence-electron chi connectivity index (χ3n) is 3.47. The molecule has 0 saturated carbocycles. The van der Waals surface area contributed by atoms with Gasteiger partial charge in [-0.1, -0.05) is 46.3 Å². The minimum atomic E-state index is 0.950. The summed E-state index contributed by atoms with van der Waals surface area (Å²) in [6.07, 6.45) is 4.09. The number of hydrogen-bond donors (Lipinski definition) is 0. The second kappa shape index (κ2) is 6.41. The van der Waals surface area contributed by atoms with Gasteiger partial charge < -0.3 is 0 Å². The number of halogens is 1. The molecule has 1 aromatic carbocycles. The van der Waals surface area contributed by atoms with Crippen LogP contribution in [0.2, 0.25) is 0 Å². The van der Waals surface area contributed by atoms with Crippen molar-refractivity contribution in [3.63, 3.8) is 0 Å². The molecular formula is C14H20BrN. The Kier molecular flexibility index (Phi) is 4.86. The molecule has 1 heterocycles. The van der Waals surface area contributed by atoms with E-state index in [-0.39, 0.29) is 0 Å².